The topological polar surface area (TPSA) is 55.0 Å². The Morgan fingerprint density at radius 1 is 0.771 bits per heavy atom. The molecule has 0 amide bonds. The molecule has 6 aromatic rings. The molecule has 4 nitrogen and oxygen atoms in total. The van der Waals surface area contributed by atoms with Gasteiger partial charge in [0.25, 0.3) is 0 Å². The number of pyridine rings is 1. The van der Waals surface area contributed by atoms with E-state index in [1.165, 1.54) is 10.9 Å². The van der Waals surface area contributed by atoms with Crippen LogP contribution in [0.25, 0.3) is 44.0 Å². The molecule has 35 heavy (non-hydrogen) atoms. The third kappa shape index (κ3) is 4.26. The third-order valence-corrected chi connectivity index (χ3v) is 6.43. The van der Waals surface area contributed by atoms with Crippen LogP contribution in [0.5, 0.6) is 5.75 Å². The van der Waals surface area contributed by atoms with Gasteiger partial charge in [-0.05, 0) is 59.5 Å². The monoisotopic (exact) mass is 456 g/mol. The average molecular weight is 457 g/mol. The van der Waals surface area contributed by atoms with Gasteiger partial charge in [0.15, 0.2) is 0 Å². The van der Waals surface area contributed by atoms with E-state index in [4.69, 9.17) is 9.72 Å². The molecule has 2 heterocycles. The molecule has 0 saturated heterocycles. The predicted molar refractivity (Wildman–Crippen MR) is 142 cm³/mol. The Balaban J connectivity index is 1.22. The molecular weight excluding hydrogens is 432 g/mol. The van der Waals surface area contributed by atoms with Crippen LogP contribution in [0.2, 0.25) is 0 Å². The first kappa shape index (κ1) is 21.1. The molecule has 0 atom stereocenters. The second kappa shape index (κ2) is 9.07. The van der Waals surface area contributed by atoms with Gasteiger partial charge in [0, 0.05) is 22.7 Å². The summed E-state index contributed by atoms with van der Waals surface area (Å²) in [5.74, 6) is 0.368. The summed E-state index contributed by atoms with van der Waals surface area (Å²) < 4.78 is 5.63. The molecule has 4 heteroatoms. The minimum atomic E-state index is -0.217. The van der Waals surface area contributed by atoms with Gasteiger partial charge < -0.3 is 9.72 Å². The standard InChI is InChI=1S/C31H24N2O2/c34-30(35-24-18-16-21-8-1-2-10-23(21)20-24)15-7-12-26-25-11-4-6-14-28(25)33-31(26)29-19-17-22-9-3-5-13-27(22)32-29/h1-6,8-11,13-14,16-20,33H,7,12,15H2. The highest BCUT2D eigenvalue weighted by molar-refractivity contribution is 5.91. The summed E-state index contributed by atoms with van der Waals surface area (Å²) in [7, 11) is 0. The Hall–Kier alpha value is -4.44. The summed E-state index contributed by atoms with van der Waals surface area (Å²) >= 11 is 0. The second-order valence-corrected chi connectivity index (χ2v) is 8.75. The second-order valence-electron chi connectivity index (χ2n) is 8.75. The third-order valence-electron chi connectivity index (χ3n) is 6.43. The Kier molecular flexibility index (Phi) is 5.47. The van der Waals surface area contributed by atoms with Gasteiger partial charge in [-0.25, -0.2) is 4.98 Å². The fourth-order valence-corrected chi connectivity index (χ4v) is 4.71. The molecule has 0 aliphatic rings. The van der Waals surface area contributed by atoms with E-state index in [0.29, 0.717) is 18.6 Å². The van der Waals surface area contributed by atoms with Crippen LogP contribution < -0.4 is 4.74 Å². The van der Waals surface area contributed by atoms with Crippen LogP contribution in [0.1, 0.15) is 18.4 Å². The molecule has 0 aliphatic carbocycles. The number of ether oxygens (including phenoxy) is 1. The Morgan fingerprint density at radius 3 is 2.43 bits per heavy atom. The van der Waals surface area contributed by atoms with Crippen molar-refractivity contribution in [1.29, 1.82) is 0 Å². The van der Waals surface area contributed by atoms with E-state index in [2.05, 4.69) is 35.3 Å². The van der Waals surface area contributed by atoms with Crippen molar-refractivity contribution in [2.75, 3.05) is 0 Å². The van der Waals surface area contributed by atoms with Crippen LogP contribution in [0.15, 0.2) is 103 Å². The number of H-pyrrole nitrogens is 1. The molecule has 1 N–H and O–H groups in total. The van der Waals surface area contributed by atoms with E-state index in [0.717, 1.165) is 45.0 Å². The highest BCUT2D eigenvalue weighted by Gasteiger charge is 2.15. The zero-order valence-electron chi connectivity index (χ0n) is 19.2. The normalized spacial score (nSPS) is 11.3. The lowest BCUT2D eigenvalue weighted by Crippen LogP contribution is -2.08. The molecule has 170 valence electrons. The lowest BCUT2D eigenvalue weighted by molar-refractivity contribution is -0.134. The molecular formula is C31H24N2O2. The first-order valence-electron chi connectivity index (χ1n) is 11.9. The highest BCUT2D eigenvalue weighted by atomic mass is 16.5. The molecule has 0 saturated carbocycles. The number of hydrogen-bond acceptors (Lipinski definition) is 3. The lowest BCUT2D eigenvalue weighted by atomic mass is 10.0. The lowest BCUT2D eigenvalue weighted by Gasteiger charge is -2.08. The number of fused-ring (bicyclic) bond motifs is 3. The van der Waals surface area contributed by atoms with Crippen LogP contribution in [-0.2, 0) is 11.2 Å². The van der Waals surface area contributed by atoms with E-state index in [9.17, 15) is 4.79 Å². The molecule has 4 aromatic carbocycles. The number of para-hydroxylation sites is 2. The van der Waals surface area contributed by atoms with Crippen molar-refractivity contribution in [3.05, 3.63) is 109 Å². The number of aromatic nitrogens is 2. The van der Waals surface area contributed by atoms with Gasteiger partial charge in [0.05, 0.1) is 16.9 Å². The number of hydrogen-bond donors (Lipinski definition) is 1. The van der Waals surface area contributed by atoms with Crippen LogP contribution in [0.4, 0.5) is 0 Å². The van der Waals surface area contributed by atoms with E-state index >= 15 is 0 Å². The van der Waals surface area contributed by atoms with Crippen LogP contribution in [-0.4, -0.2) is 15.9 Å². The maximum absolute atomic E-state index is 12.6. The number of nitrogens with zero attached hydrogens (tertiary/aromatic N) is 1. The summed E-state index contributed by atoms with van der Waals surface area (Å²) in [5.41, 5.74) is 5.15. The number of aryl methyl sites for hydroxylation is 1. The SMILES string of the molecule is O=C(CCCc1c(-c2ccc3ccccc3n2)[nH]c2ccccc12)Oc1ccc2ccccc2c1. The zero-order valence-corrected chi connectivity index (χ0v) is 19.2. The molecule has 0 spiro atoms. The molecule has 0 bridgehead atoms. The van der Waals surface area contributed by atoms with Crippen molar-refractivity contribution in [2.45, 2.75) is 19.3 Å². The number of nitrogens with one attached hydrogen (secondary N) is 1. The average Bonchev–Trinajstić information content (AvgIpc) is 3.27. The molecule has 6 rings (SSSR count). The van der Waals surface area contributed by atoms with Crippen LogP contribution in [0.3, 0.4) is 0 Å². The van der Waals surface area contributed by atoms with E-state index < -0.39 is 0 Å². The van der Waals surface area contributed by atoms with E-state index in [-0.39, 0.29) is 5.97 Å². The first-order chi connectivity index (χ1) is 17.2. The Labute approximate surface area is 203 Å². The van der Waals surface area contributed by atoms with Crippen molar-refractivity contribution in [2.24, 2.45) is 0 Å². The summed E-state index contributed by atoms with van der Waals surface area (Å²) in [6.45, 7) is 0. The molecule has 0 radical (unpaired) electrons. The number of esters is 1. The van der Waals surface area contributed by atoms with Crippen molar-refractivity contribution in [3.63, 3.8) is 0 Å². The van der Waals surface area contributed by atoms with Gasteiger partial charge in [0.2, 0.25) is 0 Å². The fraction of sp³-hybridized carbons (Fsp3) is 0.0968. The largest absolute Gasteiger partial charge is 0.427 e. The smallest absolute Gasteiger partial charge is 0.311 e. The molecule has 2 aromatic heterocycles. The maximum atomic E-state index is 12.6. The van der Waals surface area contributed by atoms with Gasteiger partial charge in [-0.2, -0.15) is 0 Å². The minimum Gasteiger partial charge on any atom is -0.427 e. The summed E-state index contributed by atoms with van der Waals surface area (Å²) in [4.78, 5) is 21.1. The molecule has 0 aliphatic heterocycles. The number of benzene rings is 4. The number of aromatic amines is 1. The van der Waals surface area contributed by atoms with Crippen molar-refractivity contribution in [3.8, 4) is 17.1 Å². The Morgan fingerprint density at radius 2 is 1.51 bits per heavy atom. The summed E-state index contributed by atoms with van der Waals surface area (Å²) in [6, 6.07) is 34.4. The van der Waals surface area contributed by atoms with E-state index in [1.807, 2.05) is 72.8 Å². The van der Waals surface area contributed by atoms with Gasteiger partial charge >= 0.3 is 5.97 Å². The Bertz CT molecular complexity index is 1680. The van der Waals surface area contributed by atoms with Crippen molar-refractivity contribution < 1.29 is 9.53 Å². The number of rotatable bonds is 6. The van der Waals surface area contributed by atoms with Gasteiger partial charge in [-0.1, -0.05) is 72.8 Å². The fourth-order valence-electron chi connectivity index (χ4n) is 4.71. The van der Waals surface area contributed by atoms with Crippen LogP contribution in [0, 0.1) is 0 Å². The van der Waals surface area contributed by atoms with Crippen molar-refractivity contribution in [1.82, 2.24) is 9.97 Å². The summed E-state index contributed by atoms with van der Waals surface area (Å²) in [6.07, 6.45) is 1.78. The summed E-state index contributed by atoms with van der Waals surface area (Å²) in [5, 5.41) is 4.47. The molecule has 0 unspecified atom stereocenters. The van der Waals surface area contributed by atoms with Gasteiger partial charge in [0.1, 0.15) is 5.75 Å². The predicted octanol–water partition coefficient (Wildman–Crippen LogP) is 7.46. The molecule has 0 fully saturated rings. The minimum absolute atomic E-state index is 0.217. The number of carbonyl (C=O) groups excluding carboxylic acids is 1. The van der Waals surface area contributed by atoms with Gasteiger partial charge in [-0.3, -0.25) is 4.79 Å². The first-order valence-corrected chi connectivity index (χ1v) is 11.9. The van der Waals surface area contributed by atoms with Gasteiger partial charge in [-0.15, -0.1) is 0 Å². The zero-order chi connectivity index (χ0) is 23.6. The van der Waals surface area contributed by atoms with Crippen molar-refractivity contribution >= 4 is 38.5 Å². The van der Waals surface area contributed by atoms with Crippen LogP contribution >= 0.6 is 0 Å². The number of carbonyl (C=O) groups is 1. The highest BCUT2D eigenvalue weighted by Crippen LogP contribution is 2.32. The quantitative estimate of drug-likeness (QED) is 0.209. The van der Waals surface area contributed by atoms with E-state index in [1.54, 1.807) is 0 Å². The maximum Gasteiger partial charge on any atom is 0.311 e.